The number of imide groups is 1. The van der Waals surface area contributed by atoms with Crippen molar-refractivity contribution in [3.05, 3.63) is 93.0 Å². The number of carbonyl (C=O) groups excluding carboxylic acids is 4. The molecule has 2 N–H and O–H groups in total. The van der Waals surface area contributed by atoms with Gasteiger partial charge in [-0.15, -0.1) is 0 Å². The van der Waals surface area contributed by atoms with Crippen LogP contribution in [0, 0.1) is 22.7 Å². The first-order chi connectivity index (χ1) is 25.5. The Balaban J connectivity index is 0.792. The van der Waals surface area contributed by atoms with Crippen LogP contribution in [0.25, 0.3) is 0 Å². The smallest absolute Gasteiger partial charge is 0.255 e. The van der Waals surface area contributed by atoms with Crippen molar-refractivity contribution in [1.29, 1.82) is 5.26 Å². The summed E-state index contributed by atoms with van der Waals surface area (Å²) in [4.78, 5) is 57.0. The second-order valence-corrected chi connectivity index (χ2v) is 16.2. The Morgan fingerprint density at radius 1 is 0.981 bits per heavy atom. The molecule has 4 amide bonds. The third kappa shape index (κ3) is 6.75. The van der Waals surface area contributed by atoms with Gasteiger partial charge in [-0.1, -0.05) is 31.5 Å². The number of anilines is 1. The topological polar surface area (TPSA) is 135 Å². The SMILES string of the molecule is CC1(C)[C@@H](NC(=O)c2ccc(N3CCC(CN4Cc5cc6c(cc5C4)C(=O)N(C4CCC(=O)NC4=O)C6)CC3)cc2)C[C@@H]1Oc1ccc(C#N)c(Cl)c1. The molecule has 2 saturated heterocycles. The summed E-state index contributed by atoms with van der Waals surface area (Å²) in [6, 6.07) is 18.6. The Kier molecular flexibility index (Phi) is 9.15. The largest absolute Gasteiger partial charge is 0.490 e. The number of benzene rings is 3. The Bertz CT molecular complexity index is 2030. The normalized spacial score (nSPS) is 23.9. The molecule has 4 heterocycles. The molecule has 11 nitrogen and oxygen atoms in total. The molecule has 53 heavy (non-hydrogen) atoms. The molecule has 0 spiro atoms. The third-order valence-electron chi connectivity index (χ3n) is 12.1. The van der Waals surface area contributed by atoms with Crippen molar-refractivity contribution in [2.45, 2.75) is 83.8 Å². The molecule has 1 unspecified atom stereocenters. The van der Waals surface area contributed by atoms with Gasteiger partial charge in [0.05, 0.1) is 10.6 Å². The van der Waals surface area contributed by atoms with Crippen LogP contribution in [-0.4, -0.2) is 71.3 Å². The standard InChI is InChI=1S/C41H43ClN6O5/c1-41(2)35(18-36(41)53-31-8-5-26(19-43)33(42)17-31)44-38(50)25-3-6-30(7-4-25)47-13-11-24(12-14-47)20-46-21-27-15-29-23-48(34-9-10-37(49)45-39(34)51)40(52)32(29)16-28(27)22-46/h3-8,15-17,24,34-36H,9-14,18,20-23H2,1-2H3,(H,44,50)(H,45,49,51)/t34?,35-,36-/m0/s1. The van der Waals surface area contributed by atoms with E-state index in [-0.39, 0.29) is 47.6 Å². The molecule has 3 aromatic carbocycles. The van der Waals surface area contributed by atoms with Crippen LogP contribution < -0.4 is 20.3 Å². The molecule has 12 heteroatoms. The summed E-state index contributed by atoms with van der Waals surface area (Å²) in [6.45, 7) is 9.17. The van der Waals surface area contributed by atoms with Crippen LogP contribution in [-0.2, 0) is 29.2 Å². The third-order valence-corrected chi connectivity index (χ3v) is 12.4. The quantitative estimate of drug-likeness (QED) is 0.303. The van der Waals surface area contributed by atoms with Crippen molar-refractivity contribution in [3.8, 4) is 11.8 Å². The van der Waals surface area contributed by atoms with Crippen molar-refractivity contribution in [2.24, 2.45) is 11.3 Å². The lowest BCUT2D eigenvalue weighted by Crippen LogP contribution is -2.63. The van der Waals surface area contributed by atoms with E-state index < -0.39 is 6.04 Å². The number of hydrogen-bond donors (Lipinski definition) is 2. The van der Waals surface area contributed by atoms with E-state index in [0.717, 1.165) is 56.8 Å². The fourth-order valence-electron chi connectivity index (χ4n) is 8.63. The molecule has 0 aromatic heterocycles. The van der Waals surface area contributed by atoms with E-state index in [1.54, 1.807) is 23.1 Å². The van der Waals surface area contributed by atoms with Gasteiger partial charge in [0.15, 0.2) is 0 Å². The van der Waals surface area contributed by atoms with Crippen LogP contribution in [0.3, 0.4) is 0 Å². The zero-order chi connectivity index (χ0) is 37.0. The van der Waals surface area contributed by atoms with Crippen LogP contribution >= 0.6 is 11.6 Å². The van der Waals surface area contributed by atoms with Crippen LogP contribution in [0.1, 0.15) is 88.9 Å². The molecular formula is C41H43ClN6O5. The van der Waals surface area contributed by atoms with E-state index >= 15 is 0 Å². The summed E-state index contributed by atoms with van der Waals surface area (Å²) in [6.07, 6.45) is 3.38. The van der Waals surface area contributed by atoms with Gasteiger partial charge >= 0.3 is 0 Å². The lowest BCUT2D eigenvalue weighted by Gasteiger charge is -2.51. The lowest BCUT2D eigenvalue weighted by atomic mass is 9.64. The predicted octanol–water partition coefficient (Wildman–Crippen LogP) is 5.18. The van der Waals surface area contributed by atoms with E-state index in [0.29, 0.717) is 52.8 Å². The van der Waals surface area contributed by atoms with Gasteiger partial charge in [0.25, 0.3) is 11.8 Å². The van der Waals surface area contributed by atoms with Gasteiger partial charge in [-0.2, -0.15) is 5.26 Å². The van der Waals surface area contributed by atoms with Gasteiger partial charge in [-0.3, -0.25) is 29.4 Å². The van der Waals surface area contributed by atoms with Gasteiger partial charge in [0.2, 0.25) is 11.8 Å². The summed E-state index contributed by atoms with van der Waals surface area (Å²) in [7, 11) is 0. The maximum Gasteiger partial charge on any atom is 0.255 e. The molecule has 8 rings (SSSR count). The van der Waals surface area contributed by atoms with Crippen LogP contribution in [0.2, 0.25) is 5.02 Å². The van der Waals surface area contributed by atoms with E-state index in [1.165, 1.54) is 11.1 Å². The summed E-state index contributed by atoms with van der Waals surface area (Å²) >= 11 is 6.18. The van der Waals surface area contributed by atoms with Gasteiger partial charge in [-0.05, 0) is 84.3 Å². The van der Waals surface area contributed by atoms with Gasteiger partial charge in [0, 0.05) is 86.4 Å². The van der Waals surface area contributed by atoms with Crippen molar-refractivity contribution >= 4 is 40.9 Å². The number of ether oxygens (including phenoxy) is 1. The Morgan fingerprint density at radius 2 is 1.72 bits per heavy atom. The van der Waals surface area contributed by atoms with Gasteiger partial charge in [-0.25, -0.2) is 0 Å². The number of carbonyl (C=O) groups is 4. The predicted molar refractivity (Wildman–Crippen MR) is 198 cm³/mol. The molecule has 3 aromatic rings. The molecule has 3 fully saturated rings. The molecule has 1 saturated carbocycles. The van der Waals surface area contributed by atoms with E-state index in [4.69, 9.17) is 21.6 Å². The Hall–Kier alpha value is -4.92. The second-order valence-electron chi connectivity index (χ2n) is 15.8. The highest BCUT2D eigenvalue weighted by atomic mass is 35.5. The fraction of sp³-hybridized carbons (Fsp3) is 0.439. The van der Waals surface area contributed by atoms with E-state index in [2.05, 4.69) is 46.4 Å². The highest BCUT2D eigenvalue weighted by molar-refractivity contribution is 6.31. The van der Waals surface area contributed by atoms with Crippen molar-refractivity contribution < 1.29 is 23.9 Å². The first-order valence-corrected chi connectivity index (χ1v) is 18.9. The summed E-state index contributed by atoms with van der Waals surface area (Å²) in [5.41, 5.74) is 5.98. The van der Waals surface area contributed by atoms with Crippen molar-refractivity contribution in [2.75, 3.05) is 24.5 Å². The molecule has 1 aliphatic carbocycles. The molecule has 0 bridgehead atoms. The highest BCUT2D eigenvalue weighted by Gasteiger charge is 2.51. The monoisotopic (exact) mass is 734 g/mol. The molecule has 274 valence electrons. The average Bonchev–Trinajstić information content (AvgIpc) is 3.69. The fourth-order valence-corrected chi connectivity index (χ4v) is 8.84. The second kappa shape index (κ2) is 13.8. The maximum atomic E-state index is 13.3. The number of halogens is 1. The van der Waals surface area contributed by atoms with Crippen LogP contribution in [0.4, 0.5) is 5.69 Å². The average molecular weight is 735 g/mol. The van der Waals surface area contributed by atoms with Gasteiger partial charge in [0.1, 0.15) is 24.0 Å². The van der Waals surface area contributed by atoms with E-state index in [9.17, 15) is 19.2 Å². The number of hydrogen-bond acceptors (Lipinski definition) is 8. The first kappa shape index (κ1) is 35.1. The zero-order valence-electron chi connectivity index (χ0n) is 30.0. The van der Waals surface area contributed by atoms with Crippen molar-refractivity contribution in [1.82, 2.24) is 20.4 Å². The van der Waals surface area contributed by atoms with Crippen molar-refractivity contribution in [3.63, 3.8) is 0 Å². The number of amides is 4. The number of piperidine rings is 2. The number of nitrogens with zero attached hydrogens (tertiary/aromatic N) is 4. The number of nitrogens with one attached hydrogen (secondary N) is 2. The minimum Gasteiger partial charge on any atom is -0.490 e. The van der Waals surface area contributed by atoms with Crippen LogP contribution in [0.15, 0.2) is 54.6 Å². The first-order valence-electron chi connectivity index (χ1n) is 18.5. The molecule has 5 aliphatic rings. The highest BCUT2D eigenvalue weighted by Crippen LogP contribution is 2.44. The zero-order valence-corrected chi connectivity index (χ0v) is 30.7. The number of rotatable bonds is 8. The molecule has 4 aliphatic heterocycles. The molecule has 0 radical (unpaired) electrons. The summed E-state index contributed by atoms with van der Waals surface area (Å²) in [5.74, 6) is 0.320. The van der Waals surface area contributed by atoms with Crippen LogP contribution in [0.5, 0.6) is 5.75 Å². The lowest BCUT2D eigenvalue weighted by molar-refractivity contribution is -0.136. The minimum absolute atomic E-state index is 0.0327. The Labute approximate surface area is 314 Å². The number of nitriles is 1. The van der Waals surface area contributed by atoms with Gasteiger partial charge < -0.3 is 19.9 Å². The molecule has 3 atom stereocenters. The summed E-state index contributed by atoms with van der Waals surface area (Å²) < 4.78 is 6.17. The van der Waals surface area contributed by atoms with E-state index in [1.807, 2.05) is 30.3 Å². The minimum atomic E-state index is -0.592. The Morgan fingerprint density at radius 3 is 2.40 bits per heavy atom. The number of fused-ring (bicyclic) bond motifs is 2. The maximum absolute atomic E-state index is 13.3. The molecular weight excluding hydrogens is 692 g/mol. The summed E-state index contributed by atoms with van der Waals surface area (Å²) in [5, 5.41) is 15.1.